The first kappa shape index (κ1) is 25.7. The normalized spacial score (nSPS) is 19.3. The van der Waals surface area contributed by atoms with Crippen molar-refractivity contribution in [2.45, 2.75) is 31.2 Å². The number of alkyl halides is 6. The zero-order valence-electron chi connectivity index (χ0n) is 19.2. The van der Waals surface area contributed by atoms with Crippen molar-refractivity contribution in [3.05, 3.63) is 71.8 Å². The van der Waals surface area contributed by atoms with Crippen molar-refractivity contribution in [1.82, 2.24) is 4.57 Å². The first-order valence-electron chi connectivity index (χ1n) is 11.1. The van der Waals surface area contributed by atoms with E-state index in [1.807, 2.05) is 28.8 Å². The molecular weight excluding hydrogens is 488 g/mol. The summed E-state index contributed by atoms with van der Waals surface area (Å²) in [4.78, 5) is 0. The zero-order chi connectivity index (χ0) is 25.4. The highest BCUT2D eigenvalue weighted by Gasteiger charge is 2.52. The summed E-state index contributed by atoms with van der Waals surface area (Å²) in [5.74, 6) is 0. The number of fused-ring (bicyclic) bond motifs is 1. The molecule has 1 heterocycles. The van der Waals surface area contributed by atoms with Crippen molar-refractivity contribution in [3.8, 4) is 0 Å². The fourth-order valence-corrected chi connectivity index (χ4v) is 9.56. The molecule has 0 amide bonds. The van der Waals surface area contributed by atoms with E-state index >= 15 is 0 Å². The molecule has 1 fully saturated rings. The molecule has 3 aromatic rings. The minimum Gasteiger partial charge on any atom is -0.400 e. The first-order valence-corrected chi connectivity index (χ1v) is 13.0. The zero-order valence-corrected chi connectivity index (χ0v) is 20.2. The Kier molecular flexibility index (Phi) is 7.02. The van der Waals surface area contributed by atoms with Crippen LogP contribution in [0.1, 0.15) is 24.0 Å². The van der Waals surface area contributed by atoms with E-state index in [9.17, 15) is 26.3 Å². The maximum absolute atomic E-state index is 13.8. The van der Waals surface area contributed by atoms with Crippen LogP contribution in [-0.2, 0) is 21.5 Å². The van der Waals surface area contributed by atoms with Crippen molar-refractivity contribution in [1.29, 1.82) is 0 Å². The average Bonchev–Trinajstić information content (AvgIpc) is 3.28. The second kappa shape index (κ2) is 9.57. The van der Waals surface area contributed by atoms with Gasteiger partial charge in [0.15, 0.2) is 0 Å². The minimum atomic E-state index is -4.96. The Balaban J connectivity index is 2.10. The van der Waals surface area contributed by atoms with E-state index in [1.165, 1.54) is 14.2 Å². The van der Waals surface area contributed by atoms with E-state index in [4.69, 9.17) is 9.16 Å². The highest BCUT2D eigenvalue weighted by atomic mass is 28.4. The predicted octanol–water partition coefficient (Wildman–Crippen LogP) is 5.19. The Labute approximate surface area is 200 Å². The molecule has 4 rings (SSSR count). The van der Waals surface area contributed by atoms with Crippen LogP contribution in [0.2, 0.25) is 0 Å². The molecule has 1 aliphatic heterocycles. The molecule has 0 N–H and O–H groups in total. The Morgan fingerprint density at radius 2 is 1.51 bits per heavy atom. The topological polar surface area (TPSA) is 21.7 Å². The second-order valence-electron chi connectivity index (χ2n) is 8.61. The van der Waals surface area contributed by atoms with Gasteiger partial charge in [0, 0.05) is 20.3 Å². The quantitative estimate of drug-likeness (QED) is 0.335. The molecule has 1 saturated heterocycles. The van der Waals surface area contributed by atoms with Gasteiger partial charge < -0.3 is 9.16 Å². The van der Waals surface area contributed by atoms with Gasteiger partial charge in [-0.05, 0) is 58.7 Å². The molecule has 1 unspecified atom stereocenters. The molecular formula is C25H25F6NO2Si. The molecule has 0 saturated carbocycles. The third-order valence-corrected chi connectivity index (χ3v) is 10.8. The van der Waals surface area contributed by atoms with Gasteiger partial charge in [0.2, 0.25) is 0 Å². The second-order valence-corrected chi connectivity index (χ2v) is 12.0. The van der Waals surface area contributed by atoms with Gasteiger partial charge in [-0.1, -0.05) is 42.5 Å². The summed E-state index contributed by atoms with van der Waals surface area (Å²) >= 11 is 0. The van der Waals surface area contributed by atoms with Crippen molar-refractivity contribution in [2.24, 2.45) is 0 Å². The number of nitrogens with zero attached hydrogens (tertiary/aromatic N) is 1. The molecule has 0 aliphatic carbocycles. The van der Waals surface area contributed by atoms with E-state index < -0.39 is 32.0 Å². The van der Waals surface area contributed by atoms with Crippen LogP contribution in [-0.4, -0.2) is 46.5 Å². The van der Waals surface area contributed by atoms with Crippen LogP contribution in [0.4, 0.5) is 26.3 Å². The number of hydrogen-bond acceptors (Lipinski definition) is 3. The molecule has 0 aromatic heterocycles. The van der Waals surface area contributed by atoms with Gasteiger partial charge in [0.05, 0.1) is 17.7 Å². The van der Waals surface area contributed by atoms with Crippen LogP contribution in [0.25, 0.3) is 10.8 Å². The Morgan fingerprint density at radius 3 is 2.11 bits per heavy atom. The number of halogens is 6. The summed E-state index contributed by atoms with van der Waals surface area (Å²) in [7, 11) is -0.917. The third kappa shape index (κ3) is 4.72. The number of benzene rings is 3. The number of ether oxygens (including phenoxy) is 1. The predicted molar refractivity (Wildman–Crippen MR) is 124 cm³/mol. The standard InChI is InChI=1S/C25H25F6NO2Si/c1-33-16-20-9-6-12-32(20)35(34-2,23-11-5-8-17-7-3-4-10-22(17)23)21-14-18(24(26,27)28)13-19(15-21)25(29,30)31/h3-5,7-8,10-11,13-15,20H,6,9,12,16H2,1-2H3/t20-,35?/m0/s1. The van der Waals surface area contributed by atoms with Gasteiger partial charge in [0.1, 0.15) is 0 Å². The lowest BCUT2D eigenvalue weighted by molar-refractivity contribution is -0.143. The van der Waals surface area contributed by atoms with E-state index in [0.29, 0.717) is 18.2 Å². The van der Waals surface area contributed by atoms with Crippen LogP contribution in [0.5, 0.6) is 0 Å². The molecule has 2 atom stereocenters. The highest BCUT2D eigenvalue weighted by Crippen LogP contribution is 2.36. The van der Waals surface area contributed by atoms with Crippen molar-refractivity contribution in [2.75, 3.05) is 27.4 Å². The van der Waals surface area contributed by atoms with Crippen LogP contribution in [0.3, 0.4) is 0 Å². The molecule has 0 bridgehead atoms. The monoisotopic (exact) mass is 513 g/mol. The summed E-state index contributed by atoms with van der Waals surface area (Å²) in [6.07, 6.45) is -8.50. The highest BCUT2D eigenvalue weighted by molar-refractivity contribution is 6.96. The third-order valence-electron chi connectivity index (χ3n) is 6.57. The molecule has 35 heavy (non-hydrogen) atoms. The van der Waals surface area contributed by atoms with Crippen LogP contribution in [0.15, 0.2) is 60.7 Å². The van der Waals surface area contributed by atoms with Crippen molar-refractivity contribution in [3.63, 3.8) is 0 Å². The number of rotatable bonds is 6. The lowest BCUT2D eigenvalue weighted by Gasteiger charge is -2.42. The lowest BCUT2D eigenvalue weighted by atomic mass is 10.1. The van der Waals surface area contributed by atoms with Crippen molar-refractivity contribution < 1.29 is 35.5 Å². The summed E-state index contributed by atoms with van der Waals surface area (Å²) in [6.45, 7) is 0.753. The van der Waals surface area contributed by atoms with Crippen molar-refractivity contribution >= 4 is 29.6 Å². The van der Waals surface area contributed by atoms with Crippen LogP contribution < -0.4 is 10.4 Å². The number of methoxy groups -OCH3 is 1. The largest absolute Gasteiger partial charge is 0.416 e. The molecule has 3 nitrogen and oxygen atoms in total. The lowest BCUT2D eigenvalue weighted by Crippen LogP contribution is -2.73. The smallest absolute Gasteiger partial charge is 0.400 e. The Bertz CT molecular complexity index is 1160. The van der Waals surface area contributed by atoms with E-state index in [1.54, 1.807) is 18.2 Å². The van der Waals surface area contributed by atoms with E-state index in [0.717, 1.165) is 29.3 Å². The van der Waals surface area contributed by atoms with Crippen LogP contribution >= 0.6 is 0 Å². The molecule has 188 valence electrons. The molecule has 3 aromatic carbocycles. The summed E-state index contributed by atoms with van der Waals surface area (Å²) in [5.41, 5.74) is -2.70. The minimum absolute atomic E-state index is 0.0958. The fraction of sp³-hybridized carbons (Fsp3) is 0.360. The van der Waals surface area contributed by atoms with Crippen LogP contribution in [0, 0.1) is 0 Å². The average molecular weight is 514 g/mol. The maximum atomic E-state index is 13.8. The SMILES string of the molecule is COC[C@@H]1CCCN1[Si](OC)(c1cc(C(F)(F)F)cc(C(F)(F)F)c1)c1cccc2ccccc12. The Hall–Kier alpha value is -2.40. The Morgan fingerprint density at radius 1 is 0.886 bits per heavy atom. The van der Waals surface area contributed by atoms with Gasteiger partial charge in [-0.25, -0.2) is 0 Å². The van der Waals surface area contributed by atoms with Gasteiger partial charge in [0.25, 0.3) is 0 Å². The summed E-state index contributed by atoms with van der Waals surface area (Å²) < 4.78 is 96.5. The van der Waals surface area contributed by atoms with Gasteiger partial charge in [-0.2, -0.15) is 26.3 Å². The molecule has 1 aliphatic rings. The van der Waals surface area contributed by atoms with Gasteiger partial charge >= 0.3 is 20.8 Å². The molecule has 0 radical (unpaired) electrons. The first-order chi connectivity index (χ1) is 16.5. The molecule has 0 spiro atoms. The number of hydrogen-bond donors (Lipinski definition) is 0. The summed E-state index contributed by atoms with van der Waals surface area (Å²) in [6, 6.07) is 14.3. The fourth-order valence-electron chi connectivity index (χ4n) is 5.11. The van der Waals surface area contributed by atoms with E-state index in [-0.39, 0.29) is 23.9 Å². The molecule has 10 heteroatoms. The van der Waals surface area contributed by atoms with E-state index in [2.05, 4.69) is 0 Å². The van der Waals surface area contributed by atoms with Gasteiger partial charge in [-0.3, -0.25) is 4.57 Å². The summed E-state index contributed by atoms with van der Waals surface area (Å²) in [5, 5.41) is 2.07. The van der Waals surface area contributed by atoms with Gasteiger partial charge in [-0.15, -0.1) is 0 Å². The maximum Gasteiger partial charge on any atom is 0.416 e.